The van der Waals surface area contributed by atoms with Crippen LogP contribution in [-0.4, -0.2) is 42.6 Å². The number of piperidine rings is 1. The van der Waals surface area contributed by atoms with Crippen LogP contribution >= 0.6 is 0 Å². The van der Waals surface area contributed by atoms with Crippen LogP contribution in [0.1, 0.15) is 36.0 Å². The average molecular weight is 441 g/mol. The van der Waals surface area contributed by atoms with Crippen LogP contribution in [0, 0.1) is 0 Å². The highest BCUT2D eigenvalue weighted by molar-refractivity contribution is 5.93. The predicted octanol–water partition coefficient (Wildman–Crippen LogP) is 4.46. The fourth-order valence-electron chi connectivity index (χ4n) is 5.25. The maximum atomic E-state index is 13.0. The monoisotopic (exact) mass is 441 g/mol. The normalized spacial score (nSPS) is 20.8. The highest BCUT2D eigenvalue weighted by Crippen LogP contribution is 2.37. The van der Waals surface area contributed by atoms with Gasteiger partial charge in [0.15, 0.2) is 0 Å². The molecule has 2 heterocycles. The summed E-state index contributed by atoms with van der Waals surface area (Å²) in [5.41, 5.74) is 2.88. The van der Waals surface area contributed by atoms with E-state index < -0.39 is 17.3 Å². The lowest BCUT2D eigenvalue weighted by Gasteiger charge is -2.43. The highest BCUT2D eigenvalue weighted by atomic mass is 19.4. The summed E-state index contributed by atoms with van der Waals surface area (Å²) < 4.78 is 38.9. The quantitative estimate of drug-likeness (QED) is 0.764. The smallest absolute Gasteiger partial charge is 0.339 e. The van der Waals surface area contributed by atoms with E-state index in [1.165, 1.54) is 17.7 Å². The van der Waals surface area contributed by atoms with E-state index in [0.29, 0.717) is 13.1 Å². The molecule has 7 heteroatoms. The van der Waals surface area contributed by atoms with Crippen molar-refractivity contribution in [1.82, 2.24) is 10.2 Å². The van der Waals surface area contributed by atoms with Crippen molar-refractivity contribution in [2.45, 2.75) is 37.4 Å². The second-order valence-electron chi connectivity index (χ2n) is 8.95. The first-order valence-corrected chi connectivity index (χ1v) is 11.1. The van der Waals surface area contributed by atoms with Crippen LogP contribution in [0.2, 0.25) is 0 Å². The molecule has 5 rings (SSSR count). The molecular formula is C25H26F3N3O. The van der Waals surface area contributed by atoms with E-state index in [1.54, 1.807) is 6.07 Å². The van der Waals surface area contributed by atoms with Gasteiger partial charge in [-0.05, 0) is 61.1 Å². The van der Waals surface area contributed by atoms with Gasteiger partial charge in [0.05, 0.1) is 12.2 Å². The van der Waals surface area contributed by atoms with Gasteiger partial charge in [0, 0.05) is 25.3 Å². The Bertz CT molecular complexity index is 1040. The van der Waals surface area contributed by atoms with Gasteiger partial charge in [-0.25, -0.2) is 0 Å². The number of anilines is 1. The number of halogens is 3. The standard InChI is InChI=1S/C25H26F3N3O/c26-25(27,28)21-9-8-19-14-18(6-7-20(19)15-21)16-30-12-10-24(11-13-30)23(32)29-17-31(24)22-4-2-1-3-5-22/h1-5,8-9,14-15H,6-7,10-13,16-17H2,(H,29,32). The number of amides is 1. The maximum Gasteiger partial charge on any atom is 0.416 e. The lowest BCUT2D eigenvalue weighted by Crippen LogP contribution is -2.56. The minimum Gasteiger partial charge on any atom is -0.339 e. The minimum absolute atomic E-state index is 0.104. The molecule has 0 bridgehead atoms. The van der Waals surface area contributed by atoms with Crippen molar-refractivity contribution >= 4 is 17.7 Å². The third kappa shape index (κ3) is 3.79. The van der Waals surface area contributed by atoms with Crippen LogP contribution in [0.3, 0.4) is 0 Å². The number of likely N-dealkylation sites (tertiary alicyclic amines) is 1. The van der Waals surface area contributed by atoms with Gasteiger partial charge in [0.25, 0.3) is 0 Å². The Morgan fingerprint density at radius 2 is 1.75 bits per heavy atom. The van der Waals surface area contributed by atoms with Crippen molar-refractivity contribution in [2.24, 2.45) is 0 Å². The molecule has 2 aromatic carbocycles. The fraction of sp³-hybridized carbons (Fsp3) is 0.400. The molecule has 1 N–H and O–H groups in total. The Labute approximate surface area is 185 Å². The third-order valence-electron chi connectivity index (χ3n) is 7.06. The molecule has 32 heavy (non-hydrogen) atoms. The molecule has 4 nitrogen and oxygen atoms in total. The number of para-hydroxylation sites is 1. The summed E-state index contributed by atoms with van der Waals surface area (Å²) in [6, 6.07) is 14.1. The molecule has 2 aromatic rings. The molecule has 168 valence electrons. The molecule has 1 spiro atoms. The Kier molecular flexibility index (Phi) is 5.24. The number of benzene rings is 2. The third-order valence-corrected chi connectivity index (χ3v) is 7.06. The molecule has 1 amide bonds. The van der Waals surface area contributed by atoms with Gasteiger partial charge in [-0.1, -0.05) is 35.9 Å². The molecule has 0 unspecified atom stereocenters. The number of carbonyl (C=O) groups is 1. The summed E-state index contributed by atoms with van der Waals surface area (Å²) in [7, 11) is 0. The predicted molar refractivity (Wildman–Crippen MR) is 118 cm³/mol. The van der Waals surface area contributed by atoms with Crippen molar-refractivity contribution in [2.75, 3.05) is 31.2 Å². The summed E-state index contributed by atoms with van der Waals surface area (Å²) in [4.78, 5) is 17.4. The van der Waals surface area contributed by atoms with Gasteiger partial charge in [0.2, 0.25) is 5.91 Å². The van der Waals surface area contributed by atoms with E-state index in [4.69, 9.17) is 0 Å². The molecule has 2 fully saturated rings. The SMILES string of the molecule is O=C1NCN(c2ccccc2)C12CCN(CC1=Cc3ccc(C(F)(F)F)cc3CC1)CC2. The second kappa shape index (κ2) is 7.96. The second-order valence-corrected chi connectivity index (χ2v) is 8.95. The Hall–Kier alpha value is -2.80. The fourth-order valence-corrected chi connectivity index (χ4v) is 5.25. The molecule has 0 aromatic heterocycles. The number of carbonyl (C=O) groups excluding carboxylic acids is 1. The first kappa shape index (κ1) is 21.1. The van der Waals surface area contributed by atoms with Crippen LogP contribution in [0.4, 0.5) is 18.9 Å². The van der Waals surface area contributed by atoms with Gasteiger partial charge >= 0.3 is 6.18 Å². The summed E-state index contributed by atoms with van der Waals surface area (Å²) in [6.45, 7) is 2.95. The molecule has 1 aliphatic carbocycles. The lowest BCUT2D eigenvalue weighted by atomic mass is 9.85. The van der Waals surface area contributed by atoms with Crippen molar-refractivity contribution in [3.63, 3.8) is 0 Å². The summed E-state index contributed by atoms with van der Waals surface area (Å²) >= 11 is 0. The van der Waals surface area contributed by atoms with Crippen molar-refractivity contribution in [3.8, 4) is 0 Å². The zero-order chi connectivity index (χ0) is 22.3. The number of fused-ring (bicyclic) bond motifs is 1. The minimum atomic E-state index is -4.30. The van der Waals surface area contributed by atoms with E-state index in [9.17, 15) is 18.0 Å². The Morgan fingerprint density at radius 3 is 2.47 bits per heavy atom. The van der Waals surface area contributed by atoms with Crippen molar-refractivity contribution in [1.29, 1.82) is 0 Å². The van der Waals surface area contributed by atoms with E-state index in [0.717, 1.165) is 55.7 Å². The number of rotatable bonds is 3. The lowest BCUT2D eigenvalue weighted by molar-refractivity contribution is -0.137. The molecular weight excluding hydrogens is 415 g/mol. The van der Waals surface area contributed by atoms with Gasteiger partial charge in [-0.2, -0.15) is 13.2 Å². The van der Waals surface area contributed by atoms with Gasteiger partial charge in [-0.3, -0.25) is 9.69 Å². The maximum absolute atomic E-state index is 13.0. The van der Waals surface area contributed by atoms with Crippen LogP contribution in [0.5, 0.6) is 0 Å². The first-order valence-electron chi connectivity index (χ1n) is 11.1. The van der Waals surface area contributed by atoms with E-state index in [2.05, 4.69) is 15.1 Å². The molecule has 2 aliphatic heterocycles. The van der Waals surface area contributed by atoms with Crippen LogP contribution in [0.25, 0.3) is 6.08 Å². The zero-order valence-corrected chi connectivity index (χ0v) is 17.8. The Balaban J connectivity index is 1.26. The van der Waals surface area contributed by atoms with Crippen LogP contribution in [-0.2, 0) is 17.4 Å². The van der Waals surface area contributed by atoms with E-state index >= 15 is 0 Å². The number of aryl methyl sites for hydroxylation is 1. The molecule has 0 radical (unpaired) electrons. The number of alkyl halides is 3. The van der Waals surface area contributed by atoms with Gasteiger partial charge in [0.1, 0.15) is 5.54 Å². The van der Waals surface area contributed by atoms with Crippen molar-refractivity contribution in [3.05, 3.63) is 70.8 Å². The van der Waals surface area contributed by atoms with E-state index in [-0.39, 0.29) is 5.91 Å². The summed E-state index contributed by atoms with van der Waals surface area (Å²) in [5, 5.41) is 3.03. The zero-order valence-electron chi connectivity index (χ0n) is 17.8. The van der Waals surface area contributed by atoms with Gasteiger partial charge in [-0.15, -0.1) is 0 Å². The molecule has 0 atom stereocenters. The van der Waals surface area contributed by atoms with Crippen LogP contribution < -0.4 is 10.2 Å². The number of nitrogens with one attached hydrogen (secondary N) is 1. The number of hydrogen-bond acceptors (Lipinski definition) is 3. The number of nitrogens with zero attached hydrogens (tertiary/aromatic N) is 2. The molecule has 2 saturated heterocycles. The number of hydrogen-bond donors (Lipinski definition) is 1. The topological polar surface area (TPSA) is 35.6 Å². The largest absolute Gasteiger partial charge is 0.416 e. The highest BCUT2D eigenvalue weighted by Gasteiger charge is 2.50. The molecule has 0 saturated carbocycles. The molecule has 3 aliphatic rings. The summed E-state index contributed by atoms with van der Waals surface area (Å²) in [6.07, 6.45) is 0.656. The summed E-state index contributed by atoms with van der Waals surface area (Å²) in [5.74, 6) is 0.104. The van der Waals surface area contributed by atoms with E-state index in [1.807, 2.05) is 36.4 Å². The first-order chi connectivity index (χ1) is 15.3. The average Bonchev–Trinajstić information content (AvgIpc) is 3.10. The van der Waals surface area contributed by atoms with Crippen LogP contribution in [0.15, 0.2) is 54.1 Å². The van der Waals surface area contributed by atoms with Gasteiger partial charge < -0.3 is 10.2 Å². The Morgan fingerprint density at radius 1 is 1.00 bits per heavy atom. The van der Waals surface area contributed by atoms with Crippen molar-refractivity contribution < 1.29 is 18.0 Å².